The number of aryl methyl sites for hydroxylation is 1. The molecule has 1 aromatic carbocycles. The van der Waals surface area contributed by atoms with Gasteiger partial charge >= 0.3 is 5.97 Å². The van der Waals surface area contributed by atoms with Gasteiger partial charge in [0, 0.05) is 6.42 Å². The molecule has 2 unspecified atom stereocenters. The number of esters is 1. The summed E-state index contributed by atoms with van der Waals surface area (Å²) in [5, 5.41) is 10.0. The van der Waals surface area contributed by atoms with E-state index in [9.17, 15) is 14.3 Å². The summed E-state index contributed by atoms with van der Waals surface area (Å²) in [4.78, 5) is 11.9. The van der Waals surface area contributed by atoms with Gasteiger partial charge in [-0.3, -0.25) is 4.79 Å². The highest BCUT2D eigenvalue weighted by molar-refractivity contribution is 6.48. The van der Waals surface area contributed by atoms with Gasteiger partial charge in [0.15, 0.2) is 9.04 Å². The number of aliphatic hydroxyl groups is 1. The second kappa shape index (κ2) is 10.1. The Morgan fingerprint density at radius 1 is 1.26 bits per heavy atom. The predicted octanol–water partition coefficient (Wildman–Crippen LogP) is 5.97. The van der Waals surface area contributed by atoms with Crippen molar-refractivity contribution in [2.45, 2.75) is 92.2 Å². The molecule has 1 aliphatic carbocycles. The van der Waals surface area contributed by atoms with Gasteiger partial charge in [-0.1, -0.05) is 46.8 Å². The fraction of sp³-hybridized carbons (Fsp3) is 0.607. The highest BCUT2D eigenvalue weighted by Crippen LogP contribution is 2.53. The number of aliphatic hydroxyl groups excluding tert-OH is 1. The molecule has 4 atom stereocenters. The summed E-state index contributed by atoms with van der Waals surface area (Å²) < 4.78 is 26.4. The number of rotatable bonds is 5. The molecule has 6 heteroatoms. The van der Waals surface area contributed by atoms with E-state index < -0.39 is 21.2 Å². The van der Waals surface area contributed by atoms with E-state index in [1.807, 2.05) is 18.2 Å². The quantitative estimate of drug-likeness (QED) is 0.410. The SMILES string of the molecule is Cc1cc(C2=C(C=C[C@H]3C[C@H](O)CC(=O)O3)C(C)(C)CC(C(C)(C)C)C2O[SiH](C)C)ccc1F. The van der Waals surface area contributed by atoms with Gasteiger partial charge in [0.2, 0.25) is 0 Å². The number of ether oxygens (including phenoxy) is 1. The molecule has 0 saturated carbocycles. The standard InChI is InChI=1S/C28H41FO4Si/c1-17-13-18(9-12-23(17)29)25-21(11-10-20-14-19(30)15-24(31)32-20)28(5,6)16-22(27(2,3)4)26(25)33-34(7)8/h9-13,19-20,22,26,30,34H,14-16H2,1-8H3/t19-,20-,22?,26?/m0/s1. The Kier molecular flexibility index (Phi) is 7.95. The Bertz CT molecular complexity index is 973. The van der Waals surface area contributed by atoms with Crippen LogP contribution in [0, 0.1) is 29.5 Å². The van der Waals surface area contributed by atoms with Crippen molar-refractivity contribution >= 4 is 20.6 Å². The zero-order chi connectivity index (χ0) is 25.4. The lowest BCUT2D eigenvalue weighted by atomic mass is 9.59. The van der Waals surface area contributed by atoms with Crippen molar-refractivity contribution in [3.63, 3.8) is 0 Å². The minimum Gasteiger partial charge on any atom is -0.458 e. The molecular weight excluding hydrogens is 447 g/mol. The molecule has 4 nitrogen and oxygen atoms in total. The average molecular weight is 489 g/mol. The number of allylic oxidation sites excluding steroid dienone is 2. The van der Waals surface area contributed by atoms with E-state index in [2.05, 4.69) is 53.8 Å². The number of hydrogen-bond donors (Lipinski definition) is 1. The fourth-order valence-corrected chi connectivity index (χ4v) is 6.19. The van der Waals surface area contributed by atoms with Crippen LogP contribution in [-0.2, 0) is 14.0 Å². The van der Waals surface area contributed by atoms with Gasteiger partial charge in [-0.2, -0.15) is 0 Å². The summed E-state index contributed by atoms with van der Waals surface area (Å²) in [6.07, 6.45) is 4.08. The van der Waals surface area contributed by atoms with Crippen molar-refractivity contribution in [1.29, 1.82) is 0 Å². The van der Waals surface area contributed by atoms with Gasteiger partial charge in [-0.05, 0) is 83.7 Å². The first-order chi connectivity index (χ1) is 15.7. The molecule has 0 spiro atoms. The van der Waals surface area contributed by atoms with Gasteiger partial charge in [0.1, 0.15) is 11.9 Å². The molecule has 2 aliphatic rings. The van der Waals surface area contributed by atoms with Crippen LogP contribution in [0.3, 0.4) is 0 Å². The Labute approximate surface area is 206 Å². The third-order valence-corrected chi connectivity index (χ3v) is 7.90. The minimum atomic E-state index is -1.41. The van der Waals surface area contributed by atoms with Crippen LogP contribution in [0.25, 0.3) is 5.57 Å². The number of hydrogen-bond acceptors (Lipinski definition) is 4. The average Bonchev–Trinajstić information content (AvgIpc) is 2.68. The maximum absolute atomic E-state index is 14.2. The molecule has 1 aliphatic heterocycles. The molecule has 0 radical (unpaired) electrons. The summed E-state index contributed by atoms with van der Waals surface area (Å²) in [6.45, 7) is 17.4. The maximum Gasteiger partial charge on any atom is 0.309 e. The van der Waals surface area contributed by atoms with Crippen LogP contribution in [0.1, 0.15) is 65.0 Å². The van der Waals surface area contributed by atoms with E-state index in [4.69, 9.17) is 9.16 Å². The molecule has 3 rings (SSSR count). The molecule has 1 saturated heterocycles. The number of cyclic esters (lactones) is 1. The summed E-state index contributed by atoms with van der Waals surface area (Å²) in [5.74, 6) is -0.314. The van der Waals surface area contributed by atoms with Gasteiger partial charge in [-0.15, -0.1) is 0 Å². The van der Waals surface area contributed by atoms with Crippen molar-refractivity contribution < 1.29 is 23.5 Å². The lowest BCUT2D eigenvalue weighted by Gasteiger charge is -2.49. The number of benzene rings is 1. The molecule has 1 fully saturated rings. The van der Waals surface area contributed by atoms with Crippen LogP contribution in [0.4, 0.5) is 4.39 Å². The van der Waals surface area contributed by atoms with Gasteiger partial charge in [0.25, 0.3) is 0 Å². The van der Waals surface area contributed by atoms with Crippen molar-refractivity contribution in [1.82, 2.24) is 0 Å². The molecular formula is C28H41FO4Si. The van der Waals surface area contributed by atoms with Crippen LogP contribution in [-0.4, -0.2) is 38.4 Å². The van der Waals surface area contributed by atoms with Crippen LogP contribution >= 0.6 is 0 Å². The van der Waals surface area contributed by atoms with E-state index in [-0.39, 0.29) is 41.1 Å². The van der Waals surface area contributed by atoms with E-state index in [0.717, 1.165) is 23.1 Å². The van der Waals surface area contributed by atoms with Crippen LogP contribution in [0.2, 0.25) is 13.1 Å². The molecule has 0 amide bonds. The summed E-state index contributed by atoms with van der Waals surface area (Å²) in [7, 11) is -1.41. The second-order valence-electron chi connectivity index (χ2n) is 11.9. The Hall–Kier alpha value is -1.76. The lowest BCUT2D eigenvalue weighted by Crippen LogP contribution is -2.44. The Balaban J connectivity index is 2.21. The monoisotopic (exact) mass is 488 g/mol. The topological polar surface area (TPSA) is 55.8 Å². The van der Waals surface area contributed by atoms with Crippen molar-refractivity contribution in [3.05, 3.63) is 52.9 Å². The number of carbonyl (C=O) groups excluding carboxylic acids is 1. The first-order valence-corrected chi connectivity index (χ1v) is 15.2. The van der Waals surface area contributed by atoms with Crippen molar-refractivity contribution in [3.8, 4) is 0 Å². The molecule has 1 heterocycles. The number of halogens is 1. The Morgan fingerprint density at radius 2 is 1.94 bits per heavy atom. The van der Waals surface area contributed by atoms with Crippen LogP contribution in [0.15, 0.2) is 35.9 Å². The van der Waals surface area contributed by atoms with Crippen molar-refractivity contribution in [2.75, 3.05) is 0 Å². The largest absolute Gasteiger partial charge is 0.458 e. The molecule has 1 N–H and O–H groups in total. The van der Waals surface area contributed by atoms with Crippen LogP contribution < -0.4 is 0 Å². The van der Waals surface area contributed by atoms with E-state index in [0.29, 0.717) is 12.0 Å². The number of carbonyl (C=O) groups is 1. The molecule has 188 valence electrons. The van der Waals surface area contributed by atoms with E-state index in [1.165, 1.54) is 6.07 Å². The highest BCUT2D eigenvalue weighted by Gasteiger charge is 2.46. The third-order valence-electron chi connectivity index (χ3n) is 7.07. The summed E-state index contributed by atoms with van der Waals surface area (Å²) >= 11 is 0. The maximum atomic E-state index is 14.2. The van der Waals surface area contributed by atoms with Gasteiger partial charge in [0.05, 0.1) is 18.6 Å². The zero-order valence-corrected chi connectivity index (χ0v) is 23.1. The van der Waals surface area contributed by atoms with E-state index in [1.54, 1.807) is 6.92 Å². The molecule has 0 bridgehead atoms. The highest BCUT2D eigenvalue weighted by atomic mass is 28.3. The predicted molar refractivity (Wildman–Crippen MR) is 137 cm³/mol. The first-order valence-electron chi connectivity index (χ1n) is 12.4. The normalized spacial score (nSPS) is 28.0. The lowest BCUT2D eigenvalue weighted by molar-refractivity contribution is -0.156. The van der Waals surface area contributed by atoms with Gasteiger partial charge < -0.3 is 14.3 Å². The van der Waals surface area contributed by atoms with Gasteiger partial charge in [-0.25, -0.2) is 4.39 Å². The zero-order valence-electron chi connectivity index (χ0n) is 21.9. The second-order valence-corrected chi connectivity index (χ2v) is 14.3. The molecule has 34 heavy (non-hydrogen) atoms. The summed E-state index contributed by atoms with van der Waals surface area (Å²) in [5.41, 5.74) is 3.63. The Morgan fingerprint density at radius 3 is 2.50 bits per heavy atom. The first kappa shape index (κ1) is 26.8. The molecule has 1 aromatic rings. The minimum absolute atomic E-state index is 0.0177. The molecule has 0 aromatic heterocycles. The third kappa shape index (κ3) is 6.07. The smallest absolute Gasteiger partial charge is 0.309 e. The van der Waals surface area contributed by atoms with E-state index >= 15 is 0 Å². The summed E-state index contributed by atoms with van der Waals surface area (Å²) in [6, 6.07) is 5.31. The van der Waals surface area contributed by atoms with Crippen LogP contribution in [0.5, 0.6) is 0 Å². The van der Waals surface area contributed by atoms with Crippen molar-refractivity contribution in [2.24, 2.45) is 16.7 Å². The fourth-order valence-electron chi connectivity index (χ4n) is 5.28.